The van der Waals surface area contributed by atoms with E-state index < -0.39 is 24.2 Å². The van der Waals surface area contributed by atoms with Gasteiger partial charge >= 0.3 is 271 Å². The molecule has 0 radical (unpaired) electrons. The van der Waals surface area contributed by atoms with Gasteiger partial charge in [-0.05, 0) is 0 Å². The Morgan fingerprint density at radius 2 is 0.841 bits per heavy atom. The van der Waals surface area contributed by atoms with Crippen LogP contribution in [0.2, 0.25) is 13.3 Å². The van der Waals surface area contributed by atoms with E-state index in [1.807, 2.05) is 13.8 Å². The molecule has 0 amide bonds. The second kappa shape index (κ2) is 13.2. The molecular formula is C40H49FO2Sn. The quantitative estimate of drug-likeness (QED) is 0.138. The van der Waals surface area contributed by atoms with Crippen molar-refractivity contribution in [2.75, 3.05) is 0 Å². The van der Waals surface area contributed by atoms with Gasteiger partial charge in [-0.2, -0.15) is 0 Å². The van der Waals surface area contributed by atoms with Crippen molar-refractivity contribution < 1.29 is 12.3 Å². The van der Waals surface area contributed by atoms with Crippen LogP contribution in [0.25, 0.3) is 0 Å². The number of hydrogen-bond acceptors (Lipinski definition) is 2. The molecule has 0 heterocycles. The first-order valence-electron chi connectivity index (χ1n) is 15.7. The number of carbonyl (C=O) groups excluding carboxylic acids is 1. The third-order valence-electron chi connectivity index (χ3n) is 9.34. The Morgan fingerprint density at radius 3 is 1.16 bits per heavy atom. The Morgan fingerprint density at radius 1 is 0.523 bits per heavy atom. The third-order valence-corrected chi connectivity index (χ3v) is 24.2. The Labute approximate surface area is 269 Å². The third kappa shape index (κ3) is 8.02. The summed E-state index contributed by atoms with van der Waals surface area (Å²) in [6.07, 6.45) is 0. The van der Waals surface area contributed by atoms with E-state index in [-0.39, 0.29) is 28.0 Å². The van der Waals surface area contributed by atoms with Gasteiger partial charge in [0.15, 0.2) is 0 Å². The molecule has 0 N–H and O–H groups in total. The Balaban J connectivity index is 1.88. The second-order valence-electron chi connectivity index (χ2n) is 15.0. The molecule has 4 rings (SSSR count). The fourth-order valence-electron chi connectivity index (χ4n) is 6.99. The van der Waals surface area contributed by atoms with Crippen LogP contribution in [-0.4, -0.2) is 24.8 Å². The molecule has 0 spiro atoms. The number of benzene rings is 4. The SMILES string of the molecule is CC(C)([CH2][Sn]([CH2]C(C)(C)c1ccccc1)([CH2]C(C)(C)c1ccccc1)[O]C(=O)C(C)(C)c1ccc(F)cc1)c1ccccc1. The summed E-state index contributed by atoms with van der Waals surface area (Å²) in [7, 11) is 0. The Bertz CT molecular complexity index is 1380. The molecule has 2 nitrogen and oxygen atoms in total. The van der Waals surface area contributed by atoms with Crippen LogP contribution in [0.3, 0.4) is 0 Å². The summed E-state index contributed by atoms with van der Waals surface area (Å²) in [5.74, 6) is -0.526. The number of halogens is 1. The zero-order valence-electron chi connectivity index (χ0n) is 27.8. The fourth-order valence-corrected chi connectivity index (χ4v) is 26.1. The summed E-state index contributed by atoms with van der Waals surface area (Å²) in [5.41, 5.74) is 2.96. The van der Waals surface area contributed by atoms with Crippen molar-refractivity contribution >= 4 is 24.8 Å². The summed E-state index contributed by atoms with van der Waals surface area (Å²) < 4.78 is 23.6. The first-order valence-corrected chi connectivity index (χ1v) is 22.9. The molecule has 0 atom stereocenters. The molecule has 0 fully saturated rings. The summed E-state index contributed by atoms with van der Waals surface area (Å²) in [6.45, 7) is 17.6. The summed E-state index contributed by atoms with van der Waals surface area (Å²) in [6, 6.07) is 38.2. The predicted molar refractivity (Wildman–Crippen MR) is 184 cm³/mol. The molecular weight excluding hydrogens is 650 g/mol. The van der Waals surface area contributed by atoms with Gasteiger partial charge in [0.1, 0.15) is 0 Å². The first-order chi connectivity index (χ1) is 20.6. The number of rotatable bonds is 12. The molecule has 44 heavy (non-hydrogen) atoms. The predicted octanol–water partition coefficient (Wildman–Crippen LogP) is 10.5. The number of hydrogen-bond donors (Lipinski definition) is 0. The minimum absolute atomic E-state index is 0.211. The summed E-state index contributed by atoms with van der Waals surface area (Å²) in [5, 5.41) is 0. The van der Waals surface area contributed by atoms with Crippen LogP contribution in [-0.2, 0) is 29.5 Å². The Hall–Kier alpha value is -2.92. The molecule has 4 aromatic carbocycles. The van der Waals surface area contributed by atoms with E-state index >= 15 is 0 Å². The normalized spacial score (nSPS) is 13.0. The maximum atomic E-state index is 14.6. The van der Waals surface area contributed by atoms with Crippen LogP contribution in [0, 0.1) is 5.82 Å². The van der Waals surface area contributed by atoms with Crippen LogP contribution < -0.4 is 0 Å². The maximum absolute atomic E-state index is 14.6. The van der Waals surface area contributed by atoms with Crippen LogP contribution in [0.5, 0.6) is 0 Å². The van der Waals surface area contributed by atoms with Crippen molar-refractivity contribution in [1.82, 2.24) is 0 Å². The standard InChI is InChI=1S/C10H11FO2.3C10H13.Sn/c1-10(2,9(12)13)7-3-5-8(11)6-4-7;3*1-10(2,3)9-7-5-4-6-8-9;/h3-6H,1-2H3,(H,12,13);3*4-8H,1H2,2-3H3;/q;;;;+1/p-1. The second-order valence-corrected chi connectivity index (χ2v) is 25.3. The van der Waals surface area contributed by atoms with Crippen molar-refractivity contribution in [3.05, 3.63) is 143 Å². The average Bonchev–Trinajstić information content (AvgIpc) is 2.98. The molecule has 0 aliphatic carbocycles. The molecule has 4 aromatic rings. The first kappa shape index (κ1) is 34.0. The van der Waals surface area contributed by atoms with Gasteiger partial charge in [0.05, 0.1) is 0 Å². The van der Waals surface area contributed by atoms with Gasteiger partial charge in [0.2, 0.25) is 0 Å². The van der Waals surface area contributed by atoms with Crippen LogP contribution in [0.1, 0.15) is 77.6 Å². The van der Waals surface area contributed by atoms with E-state index in [1.54, 1.807) is 12.1 Å². The molecule has 232 valence electrons. The molecule has 4 heteroatoms. The fraction of sp³-hybridized carbons (Fsp3) is 0.375. The van der Waals surface area contributed by atoms with Gasteiger partial charge in [-0.1, -0.05) is 0 Å². The average molecular weight is 700 g/mol. The van der Waals surface area contributed by atoms with E-state index in [0.717, 1.165) is 18.9 Å². The van der Waals surface area contributed by atoms with Crippen LogP contribution in [0.4, 0.5) is 4.39 Å². The van der Waals surface area contributed by atoms with Gasteiger partial charge < -0.3 is 0 Å². The number of carbonyl (C=O) groups is 1. The van der Waals surface area contributed by atoms with Gasteiger partial charge in [-0.3, -0.25) is 0 Å². The van der Waals surface area contributed by atoms with Gasteiger partial charge in [0, 0.05) is 0 Å². The summed E-state index contributed by atoms with van der Waals surface area (Å²) in [4.78, 5) is 14.6. The minimum atomic E-state index is -4.08. The van der Waals surface area contributed by atoms with E-state index in [0.29, 0.717) is 0 Å². The Kier molecular flexibility index (Phi) is 10.2. The molecule has 0 aliphatic heterocycles. The molecule has 0 bridgehead atoms. The van der Waals surface area contributed by atoms with Gasteiger partial charge in [-0.15, -0.1) is 0 Å². The van der Waals surface area contributed by atoms with E-state index in [1.165, 1.54) is 28.8 Å². The monoisotopic (exact) mass is 700 g/mol. The van der Waals surface area contributed by atoms with Gasteiger partial charge in [-0.25, -0.2) is 0 Å². The molecule has 0 saturated heterocycles. The van der Waals surface area contributed by atoms with E-state index in [2.05, 4.69) is 133 Å². The van der Waals surface area contributed by atoms with Crippen molar-refractivity contribution in [2.45, 2.75) is 90.4 Å². The van der Waals surface area contributed by atoms with Gasteiger partial charge in [0.25, 0.3) is 0 Å². The van der Waals surface area contributed by atoms with Crippen molar-refractivity contribution in [2.24, 2.45) is 0 Å². The molecule has 0 aromatic heterocycles. The van der Waals surface area contributed by atoms with Crippen LogP contribution >= 0.6 is 0 Å². The van der Waals surface area contributed by atoms with Crippen molar-refractivity contribution in [3.8, 4) is 0 Å². The summed E-state index contributed by atoms with van der Waals surface area (Å²) >= 11 is -4.08. The molecule has 0 aliphatic rings. The van der Waals surface area contributed by atoms with Crippen LogP contribution in [0.15, 0.2) is 115 Å². The zero-order chi connectivity index (χ0) is 32.2. The van der Waals surface area contributed by atoms with E-state index in [9.17, 15) is 9.18 Å². The zero-order valence-corrected chi connectivity index (χ0v) is 30.6. The van der Waals surface area contributed by atoms with Crippen molar-refractivity contribution in [1.29, 1.82) is 0 Å². The van der Waals surface area contributed by atoms with Crippen molar-refractivity contribution in [3.63, 3.8) is 0 Å². The topological polar surface area (TPSA) is 26.3 Å². The van der Waals surface area contributed by atoms with E-state index in [4.69, 9.17) is 3.07 Å². The molecule has 0 unspecified atom stereocenters. The molecule has 0 saturated carbocycles.